The van der Waals surface area contributed by atoms with Crippen molar-refractivity contribution in [3.8, 4) is 11.8 Å². The van der Waals surface area contributed by atoms with Gasteiger partial charge in [0.15, 0.2) is 5.69 Å². The third-order valence-electron chi connectivity index (χ3n) is 5.18. The van der Waals surface area contributed by atoms with Gasteiger partial charge in [0.2, 0.25) is 5.91 Å². The van der Waals surface area contributed by atoms with Gasteiger partial charge in [-0.25, -0.2) is 4.68 Å². The molecule has 0 saturated heterocycles. The zero-order valence-corrected chi connectivity index (χ0v) is 20.1. The van der Waals surface area contributed by atoms with E-state index < -0.39 is 78.9 Å². The third-order valence-corrected chi connectivity index (χ3v) is 6.88. The van der Waals surface area contributed by atoms with Crippen LogP contribution in [0.2, 0.25) is 10.0 Å². The van der Waals surface area contributed by atoms with Gasteiger partial charge in [0.1, 0.15) is 29.0 Å². The summed E-state index contributed by atoms with van der Waals surface area (Å²) in [7, 11) is -10.2. The fourth-order valence-corrected chi connectivity index (χ4v) is 4.82. The van der Waals surface area contributed by atoms with Crippen LogP contribution in [0.3, 0.4) is 0 Å². The largest absolute Gasteiger partial charge is 0.481 e. The molecule has 2 aromatic rings. The molecule has 3 rings (SSSR count). The van der Waals surface area contributed by atoms with Crippen molar-refractivity contribution in [3.05, 3.63) is 33.4 Å². The molecule has 0 bridgehead atoms. The number of alkyl halides is 3. The summed E-state index contributed by atoms with van der Waals surface area (Å²) in [6, 6.07) is 1.28. The van der Waals surface area contributed by atoms with E-state index in [0.29, 0.717) is 4.68 Å². The number of nitrogens with zero attached hydrogens (tertiary/aromatic N) is 3. The number of nitriles is 1. The zero-order valence-electron chi connectivity index (χ0n) is 17.8. The van der Waals surface area contributed by atoms with Crippen LogP contribution < -0.4 is 10.6 Å². The second-order valence-electron chi connectivity index (χ2n) is 7.93. The highest BCUT2D eigenvalue weighted by atomic mass is 35.5. The van der Waals surface area contributed by atoms with Crippen LogP contribution in [-0.2, 0) is 15.0 Å². The van der Waals surface area contributed by atoms with Crippen LogP contribution in [0.5, 0.6) is 0 Å². The minimum Gasteiger partial charge on any atom is -0.481 e. The summed E-state index contributed by atoms with van der Waals surface area (Å²) in [5, 5.41) is 24.8. The van der Waals surface area contributed by atoms with Crippen molar-refractivity contribution < 1.29 is 47.3 Å². The van der Waals surface area contributed by atoms with E-state index in [1.54, 1.807) is 6.07 Å². The van der Waals surface area contributed by atoms with Gasteiger partial charge >= 0.3 is 22.4 Å². The number of carbonyl (C=O) groups excluding carboxylic acids is 1. The van der Waals surface area contributed by atoms with Crippen LogP contribution in [0.4, 0.5) is 38.4 Å². The molecule has 0 radical (unpaired) electrons. The number of nitrogens with one attached hydrogen (secondary N) is 2. The number of carbonyl (C=O) groups is 2. The lowest BCUT2D eigenvalue weighted by Gasteiger charge is -2.40. The Balaban J connectivity index is 2.18. The Hall–Kier alpha value is -2.97. The van der Waals surface area contributed by atoms with Gasteiger partial charge in [-0.3, -0.25) is 9.59 Å². The molecule has 8 nitrogen and oxygen atoms in total. The Labute approximate surface area is 211 Å². The molecule has 0 spiro atoms. The van der Waals surface area contributed by atoms with Gasteiger partial charge in [-0.15, -0.1) is 0 Å². The van der Waals surface area contributed by atoms with Crippen LogP contribution in [0.25, 0.3) is 5.69 Å². The molecule has 204 valence electrons. The summed E-state index contributed by atoms with van der Waals surface area (Å²) >= 11 is 11.7. The number of halogens is 10. The van der Waals surface area contributed by atoms with Gasteiger partial charge in [-0.2, -0.15) is 23.5 Å². The minimum atomic E-state index is -10.2. The first-order chi connectivity index (χ1) is 16.6. The van der Waals surface area contributed by atoms with Crippen molar-refractivity contribution in [3.63, 3.8) is 0 Å². The Kier molecular flexibility index (Phi) is 6.39. The average molecular weight is 602 g/mol. The maximum atomic E-state index is 13.3. The van der Waals surface area contributed by atoms with Crippen LogP contribution in [0.15, 0.2) is 17.0 Å². The number of aromatic nitrogens is 2. The van der Waals surface area contributed by atoms with Crippen LogP contribution in [-0.4, -0.2) is 46.0 Å². The lowest BCUT2D eigenvalue weighted by atomic mass is 9.95. The molecule has 0 unspecified atom stereocenters. The highest BCUT2D eigenvalue weighted by Crippen LogP contribution is 3.02. The molecule has 37 heavy (non-hydrogen) atoms. The standard InChI is InChI=1S/C18H13Cl2F8N5O3S/c19-9-3-8(37(24,25,26,27)28)4-10(20)14(9)33-15(30-6-12(34)31-7-18(21,22)23)13(11(5-29)32-33)17(1-2-17)16(35)36/h3-4,30H,1-2,6-7H2,(H,31,34)(H,35,36). The number of carboxylic acid groups (broad SMARTS) is 1. The van der Waals surface area contributed by atoms with E-state index in [-0.39, 0.29) is 30.5 Å². The van der Waals surface area contributed by atoms with E-state index >= 15 is 0 Å². The van der Waals surface area contributed by atoms with Crippen molar-refractivity contribution >= 4 is 51.1 Å². The van der Waals surface area contributed by atoms with E-state index in [1.165, 1.54) is 5.32 Å². The van der Waals surface area contributed by atoms with Crippen molar-refractivity contribution in [2.75, 3.05) is 18.4 Å². The van der Waals surface area contributed by atoms with Gasteiger partial charge in [0.05, 0.1) is 27.6 Å². The Morgan fingerprint density at radius 2 is 1.70 bits per heavy atom. The fourth-order valence-electron chi connectivity index (χ4n) is 3.36. The highest BCUT2D eigenvalue weighted by molar-refractivity contribution is 8.45. The molecule has 1 aliphatic rings. The SMILES string of the molecule is N#Cc1nn(-c2c(Cl)cc(S(F)(F)(F)(F)F)cc2Cl)c(NCC(=O)NCC(F)(F)F)c1C1(C(=O)O)CC1. The third kappa shape index (κ3) is 5.96. The summed E-state index contributed by atoms with van der Waals surface area (Å²) in [5.41, 5.74) is -3.38. The molecule has 1 amide bonds. The maximum absolute atomic E-state index is 13.3. The van der Waals surface area contributed by atoms with Crippen molar-refractivity contribution in [1.82, 2.24) is 15.1 Å². The molecule has 1 heterocycles. The zero-order chi connectivity index (χ0) is 28.3. The second-order valence-corrected chi connectivity index (χ2v) is 11.2. The first-order valence-electron chi connectivity index (χ1n) is 9.67. The molecule has 19 heteroatoms. The first-order valence-corrected chi connectivity index (χ1v) is 12.4. The number of benzene rings is 1. The minimum absolute atomic E-state index is 0.0394. The molecule has 1 fully saturated rings. The number of anilines is 1. The number of hydrogen-bond acceptors (Lipinski definition) is 5. The number of aliphatic carboxylic acids is 1. The molecule has 1 aromatic heterocycles. The normalized spacial score (nSPS) is 16.8. The smallest absolute Gasteiger partial charge is 0.405 e. The van der Waals surface area contributed by atoms with E-state index in [9.17, 15) is 52.6 Å². The summed E-state index contributed by atoms with van der Waals surface area (Å²) in [6.45, 7) is -2.66. The molecule has 1 saturated carbocycles. The lowest BCUT2D eigenvalue weighted by Crippen LogP contribution is -2.37. The molecule has 0 atom stereocenters. The number of rotatable bonds is 8. The highest BCUT2D eigenvalue weighted by Gasteiger charge is 2.65. The van der Waals surface area contributed by atoms with Gasteiger partial charge in [-0.05, 0) is 25.0 Å². The molecule has 1 aliphatic carbocycles. The Bertz CT molecular complexity index is 1330. The van der Waals surface area contributed by atoms with E-state index in [2.05, 4.69) is 10.4 Å². The van der Waals surface area contributed by atoms with Crippen LogP contribution in [0, 0.1) is 11.3 Å². The second kappa shape index (κ2) is 8.27. The summed E-state index contributed by atoms with van der Waals surface area (Å²) in [5.74, 6) is -3.22. The lowest BCUT2D eigenvalue weighted by molar-refractivity contribution is -0.140. The van der Waals surface area contributed by atoms with Gasteiger partial charge in [0, 0.05) is 0 Å². The molecular weight excluding hydrogens is 589 g/mol. The Morgan fingerprint density at radius 1 is 1.16 bits per heavy atom. The van der Waals surface area contributed by atoms with Gasteiger partial charge < -0.3 is 15.7 Å². The topological polar surface area (TPSA) is 120 Å². The fraction of sp³-hybridized carbons (Fsp3) is 0.333. The van der Waals surface area contributed by atoms with Gasteiger partial charge in [-0.1, -0.05) is 42.6 Å². The van der Waals surface area contributed by atoms with E-state index in [0.717, 1.165) is 0 Å². The monoisotopic (exact) mass is 601 g/mol. The van der Waals surface area contributed by atoms with Crippen molar-refractivity contribution in [2.24, 2.45) is 0 Å². The maximum Gasteiger partial charge on any atom is 0.405 e. The van der Waals surface area contributed by atoms with Crippen molar-refractivity contribution in [1.29, 1.82) is 5.26 Å². The van der Waals surface area contributed by atoms with E-state index in [4.69, 9.17) is 23.2 Å². The van der Waals surface area contributed by atoms with E-state index in [1.807, 2.05) is 0 Å². The summed E-state index contributed by atoms with van der Waals surface area (Å²) in [6.07, 6.45) is -4.84. The molecule has 3 N–H and O–H groups in total. The van der Waals surface area contributed by atoms with Crippen LogP contribution in [0.1, 0.15) is 24.1 Å². The summed E-state index contributed by atoms with van der Waals surface area (Å²) < 4.78 is 104. The predicted molar refractivity (Wildman–Crippen MR) is 116 cm³/mol. The van der Waals surface area contributed by atoms with Crippen LogP contribution >= 0.6 is 33.4 Å². The quantitative estimate of drug-likeness (QED) is 0.323. The van der Waals surface area contributed by atoms with Crippen molar-refractivity contribution in [2.45, 2.75) is 29.3 Å². The predicted octanol–water partition coefficient (Wildman–Crippen LogP) is 5.91. The molecule has 0 aliphatic heterocycles. The first kappa shape index (κ1) is 28.6. The average Bonchev–Trinajstić information content (AvgIpc) is 3.44. The summed E-state index contributed by atoms with van der Waals surface area (Å²) in [4.78, 5) is 21.4. The number of amides is 1. The molecular formula is C18H13Cl2F8N5O3S. The molecule has 1 aromatic carbocycles. The number of hydrogen-bond donors (Lipinski definition) is 3. The van der Waals surface area contributed by atoms with Gasteiger partial charge in [0.25, 0.3) is 0 Å². The Morgan fingerprint density at radius 3 is 2.11 bits per heavy atom. The number of carboxylic acids is 1.